The smallest absolute Gasteiger partial charge is 0.306 e. The molecule has 0 aromatic rings. The molecular formula is C63H108O6. The average Bonchev–Trinajstić information content (AvgIpc) is 3.35. The molecule has 0 heterocycles. The quantitative estimate of drug-likeness (QED) is 0.0262. The van der Waals surface area contributed by atoms with E-state index in [1.54, 1.807) is 0 Å². The Bertz CT molecular complexity index is 1330. The van der Waals surface area contributed by atoms with Gasteiger partial charge in [0.1, 0.15) is 13.2 Å². The van der Waals surface area contributed by atoms with Gasteiger partial charge in [-0.1, -0.05) is 247 Å². The van der Waals surface area contributed by atoms with Gasteiger partial charge in [-0.2, -0.15) is 0 Å². The molecule has 0 aliphatic rings. The highest BCUT2D eigenvalue weighted by atomic mass is 16.6. The van der Waals surface area contributed by atoms with Gasteiger partial charge in [0.25, 0.3) is 0 Å². The minimum atomic E-state index is -0.781. The molecule has 0 radical (unpaired) electrons. The Labute approximate surface area is 426 Å². The molecule has 1 atom stereocenters. The highest BCUT2D eigenvalue weighted by Crippen LogP contribution is 2.15. The van der Waals surface area contributed by atoms with E-state index in [1.165, 1.54) is 122 Å². The third-order valence-electron chi connectivity index (χ3n) is 12.4. The molecule has 0 amide bonds. The van der Waals surface area contributed by atoms with Crippen molar-refractivity contribution in [2.75, 3.05) is 13.2 Å². The van der Waals surface area contributed by atoms with Crippen LogP contribution in [0, 0.1) is 0 Å². The molecule has 0 saturated heterocycles. The minimum Gasteiger partial charge on any atom is -0.462 e. The van der Waals surface area contributed by atoms with Gasteiger partial charge in [0.2, 0.25) is 0 Å². The van der Waals surface area contributed by atoms with Gasteiger partial charge in [-0.15, -0.1) is 0 Å². The second-order valence-corrected chi connectivity index (χ2v) is 19.2. The lowest BCUT2D eigenvalue weighted by Crippen LogP contribution is -2.30. The fraction of sp³-hybridized carbons (Fsp3) is 0.730. The second kappa shape index (κ2) is 57.2. The Morgan fingerprint density at radius 1 is 0.304 bits per heavy atom. The van der Waals surface area contributed by atoms with E-state index in [1.807, 2.05) is 0 Å². The summed E-state index contributed by atoms with van der Waals surface area (Å²) in [5, 5.41) is 0. The Hall–Kier alpha value is -3.41. The molecule has 0 fully saturated rings. The first-order valence-electron chi connectivity index (χ1n) is 29.1. The first-order chi connectivity index (χ1) is 34.0. The number of esters is 3. The van der Waals surface area contributed by atoms with Crippen molar-refractivity contribution < 1.29 is 28.6 Å². The number of allylic oxidation sites excluding steroid dienone is 14. The van der Waals surface area contributed by atoms with Gasteiger partial charge in [-0.25, -0.2) is 0 Å². The lowest BCUT2D eigenvalue weighted by molar-refractivity contribution is -0.167. The van der Waals surface area contributed by atoms with Crippen molar-refractivity contribution in [2.45, 2.75) is 284 Å². The highest BCUT2D eigenvalue weighted by molar-refractivity contribution is 5.71. The molecule has 0 spiro atoms. The molecule has 0 rings (SSSR count). The van der Waals surface area contributed by atoms with E-state index in [0.717, 1.165) is 116 Å². The van der Waals surface area contributed by atoms with Crippen molar-refractivity contribution in [3.05, 3.63) is 85.1 Å². The van der Waals surface area contributed by atoms with Crippen molar-refractivity contribution in [3.63, 3.8) is 0 Å². The normalized spacial score (nSPS) is 12.7. The molecule has 396 valence electrons. The maximum atomic E-state index is 12.8. The molecule has 0 saturated carbocycles. The zero-order valence-corrected chi connectivity index (χ0v) is 45.3. The Morgan fingerprint density at radius 2 is 0.565 bits per heavy atom. The molecule has 0 bridgehead atoms. The van der Waals surface area contributed by atoms with E-state index in [2.05, 4.69) is 106 Å². The molecule has 0 aliphatic carbocycles. The first kappa shape index (κ1) is 65.6. The fourth-order valence-corrected chi connectivity index (χ4v) is 8.03. The van der Waals surface area contributed by atoms with Crippen molar-refractivity contribution in [2.24, 2.45) is 0 Å². The molecule has 6 heteroatoms. The zero-order chi connectivity index (χ0) is 50.0. The number of hydrogen-bond acceptors (Lipinski definition) is 6. The van der Waals surface area contributed by atoms with Crippen molar-refractivity contribution >= 4 is 17.9 Å². The van der Waals surface area contributed by atoms with Crippen LogP contribution >= 0.6 is 0 Å². The second-order valence-electron chi connectivity index (χ2n) is 19.2. The van der Waals surface area contributed by atoms with E-state index in [9.17, 15) is 14.4 Å². The number of unbranched alkanes of at least 4 members (excludes halogenated alkanes) is 27. The minimum absolute atomic E-state index is 0.0803. The van der Waals surface area contributed by atoms with Gasteiger partial charge in [0.05, 0.1) is 0 Å². The summed E-state index contributed by atoms with van der Waals surface area (Å²) in [6.45, 7) is 6.50. The van der Waals surface area contributed by atoms with Gasteiger partial charge in [-0.3, -0.25) is 14.4 Å². The number of hydrogen-bond donors (Lipinski definition) is 0. The lowest BCUT2D eigenvalue weighted by Gasteiger charge is -2.18. The SMILES string of the molecule is CC/C=C\C/C=C\C/C=C\C/C=C\C/C=C\C/C=C\CCCCCCCCCCC(=O)OCC(COC(=O)CCCCCCCCCCC)OC(=O)CCCCCCC/C=C\CCCCCCCC. The van der Waals surface area contributed by atoms with Crippen LogP contribution in [0.2, 0.25) is 0 Å². The van der Waals surface area contributed by atoms with Gasteiger partial charge in [-0.05, 0) is 96.3 Å². The van der Waals surface area contributed by atoms with E-state index in [0.29, 0.717) is 19.3 Å². The molecule has 0 aromatic carbocycles. The van der Waals surface area contributed by atoms with Gasteiger partial charge in [0.15, 0.2) is 6.10 Å². The van der Waals surface area contributed by atoms with Crippen molar-refractivity contribution in [1.82, 2.24) is 0 Å². The van der Waals surface area contributed by atoms with Crippen LogP contribution in [0.5, 0.6) is 0 Å². The van der Waals surface area contributed by atoms with Crippen LogP contribution in [-0.2, 0) is 28.6 Å². The van der Waals surface area contributed by atoms with Crippen LogP contribution < -0.4 is 0 Å². The molecule has 6 nitrogen and oxygen atoms in total. The molecule has 0 aromatic heterocycles. The van der Waals surface area contributed by atoms with E-state index < -0.39 is 6.10 Å². The summed E-state index contributed by atoms with van der Waals surface area (Å²) < 4.78 is 16.8. The van der Waals surface area contributed by atoms with Gasteiger partial charge in [0, 0.05) is 19.3 Å². The maximum Gasteiger partial charge on any atom is 0.306 e. The van der Waals surface area contributed by atoms with Crippen molar-refractivity contribution in [3.8, 4) is 0 Å². The summed E-state index contributed by atoms with van der Waals surface area (Å²) >= 11 is 0. The zero-order valence-electron chi connectivity index (χ0n) is 45.3. The third-order valence-corrected chi connectivity index (χ3v) is 12.4. The standard InChI is InChI=1S/C63H108O6/c1-4-7-10-13-16-19-21-23-25-26-27-28-29-30-31-32-33-34-35-36-38-39-41-44-47-50-53-56-62(65)68-59-60(58-67-61(64)55-52-49-46-43-18-15-12-9-6-3)69-63(66)57-54-51-48-45-42-40-37-24-22-20-17-14-11-8-5-2/h7,10,16,19,23-25,27-28,30-31,33-34,37,60H,4-6,8-9,11-15,17-18,20-22,26,29,32,35-36,38-59H2,1-3H3/b10-7-,19-16-,25-23-,28-27-,31-30-,34-33-,37-24-. The molecule has 0 N–H and O–H groups in total. The predicted molar refractivity (Wildman–Crippen MR) is 297 cm³/mol. The largest absolute Gasteiger partial charge is 0.462 e. The summed E-state index contributed by atoms with van der Waals surface area (Å²) in [7, 11) is 0. The van der Waals surface area contributed by atoms with Crippen LogP contribution in [-0.4, -0.2) is 37.2 Å². The first-order valence-corrected chi connectivity index (χ1v) is 29.1. The topological polar surface area (TPSA) is 78.9 Å². The van der Waals surface area contributed by atoms with Gasteiger partial charge < -0.3 is 14.2 Å². The molecule has 1 unspecified atom stereocenters. The van der Waals surface area contributed by atoms with E-state index >= 15 is 0 Å². The summed E-state index contributed by atoms with van der Waals surface area (Å²) in [5.74, 6) is -0.895. The van der Waals surface area contributed by atoms with Crippen LogP contribution in [0.1, 0.15) is 278 Å². The average molecular weight is 962 g/mol. The maximum absolute atomic E-state index is 12.8. The van der Waals surface area contributed by atoms with Gasteiger partial charge >= 0.3 is 17.9 Å². The highest BCUT2D eigenvalue weighted by Gasteiger charge is 2.19. The number of rotatable bonds is 52. The Kier molecular flexibility index (Phi) is 54.3. The molecule has 69 heavy (non-hydrogen) atoms. The predicted octanol–water partition coefficient (Wildman–Crippen LogP) is 19.5. The summed E-state index contributed by atoms with van der Waals surface area (Å²) in [6, 6.07) is 0. The fourth-order valence-electron chi connectivity index (χ4n) is 8.03. The lowest BCUT2D eigenvalue weighted by atomic mass is 10.1. The molecule has 0 aliphatic heterocycles. The number of carbonyl (C=O) groups is 3. The van der Waals surface area contributed by atoms with Crippen LogP contribution in [0.4, 0.5) is 0 Å². The Morgan fingerprint density at radius 3 is 0.899 bits per heavy atom. The van der Waals surface area contributed by atoms with Crippen LogP contribution in [0.25, 0.3) is 0 Å². The van der Waals surface area contributed by atoms with Crippen molar-refractivity contribution in [1.29, 1.82) is 0 Å². The third kappa shape index (κ3) is 55.4. The summed E-state index contributed by atoms with van der Waals surface area (Å²) in [5.41, 5.74) is 0. The monoisotopic (exact) mass is 961 g/mol. The van der Waals surface area contributed by atoms with E-state index in [-0.39, 0.29) is 31.1 Å². The summed E-state index contributed by atoms with van der Waals surface area (Å²) in [6.07, 6.45) is 74.4. The molecular weight excluding hydrogens is 853 g/mol. The number of ether oxygens (including phenoxy) is 3. The summed E-state index contributed by atoms with van der Waals surface area (Å²) in [4.78, 5) is 38.0. The van der Waals surface area contributed by atoms with Crippen LogP contribution in [0.3, 0.4) is 0 Å². The number of carbonyl (C=O) groups excluding carboxylic acids is 3. The Balaban J connectivity index is 4.25. The van der Waals surface area contributed by atoms with Crippen LogP contribution in [0.15, 0.2) is 85.1 Å². The van der Waals surface area contributed by atoms with E-state index in [4.69, 9.17) is 14.2 Å².